The predicted octanol–water partition coefficient (Wildman–Crippen LogP) is 10.8. The number of hydrogen-bond acceptors (Lipinski definition) is 2. The molecule has 0 aromatic heterocycles. The molecule has 2 N–H and O–H groups in total. The van der Waals surface area contributed by atoms with Gasteiger partial charge in [-0.15, -0.1) is 13.2 Å². The van der Waals surface area contributed by atoms with Crippen LogP contribution in [0, 0.1) is 25.6 Å². The summed E-state index contributed by atoms with van der Waals surface area (Å²) in [6.07, 6.45) is 12.2. The molecule has 0 unspecified atom stereocenters. The highest BCUT2D eigenvalue weighted by Gasteiger charge is 2.13. The van der Waals surface area contributed by atoms with Gasteiger partial charge in [0.25, 0.3) is 0 Å². The number of rotatable bonds is 4. The average Bonchev–Trinajstić information content (AvgIpc) is 2.94. The lowest BCUT2D eigenvalue weighted by Crippen LogP contribution is -2.25. The van der Waals surface area contributed by atoms with Crippen molar-refractivity contribution in [3.05, 3.63) is 109 Å². The molecule has 218 valence electrons. The fourth-order valence-electron chi connectivity index (χ4n) is 3.33. The minimum absolute atomic E-state index is 0.105. The van der Waals surface area contributed by atoms with Crippen LogP contribution in [-0.4, -0.2) is 11.8 Å². The van der Waals surface area contributed by atoms with Crippen LogP contribution in [0.2, 0.25) is 0 Å². The highest BCUT2D eigenvalue weighted by Crippen LogP contribution is 2.22. The molecule has 3 heteroatoms. The summed E-state index contributed by atoms with van der Waals surface area (Å²) < 4.78 is 13.2. The highest BCUT2D eigenvalue weighted by atomic mass is 19.1. The van der Waals surface area contributed by atoms with Crippen LogP contribution in [0.4, 0.5) is 4.39 Å². The number of hydrogen-bond donors (Lipinski definition) is 1. The van der Waals surface area contributed by atoms with Crippen molar-refractivity contribution < 1.29 is 9.18 Å². The molecule has 0 aliphatic heterocycles. The van der Waals surface area contributed by atoms with Gasteiger partial charge in [0, 0.05) is 6.04 Å². The fraction of sp³-hybridized carbons (Fsp3) is 0.417. The lowest BCUT2D eigenvalue weighted by atomic mass is 9.88. The van der Waals surface area contributed by atoms with Gasteiger partial charge in [0.2, 0.25) is 0 Å². The first-order valence-corrected chi connectivity index (χ1v) is 14.2. The number of nitrogens with two attached hydrogens (primary N) is 1. The van der Waals surface area contributed by atoms with Gasteiger partial charge in [-0.05, 0) is 93.7 Å². The Labute approximate surface area is 240 Å². The Morgan fingerprint density at radius 2 is 1.36 bits per heavy atom. The summed E-state index contributed by atoms with van der Waals surface area (Å²) in [7, 11) is 0. The zero-order valence-corrected chi connectivity index (χ0v) is 26.3. The van der Waals surface area contributed by atoms with Gasteiger partial charge in [0.1, 0.15) is 5.82 Å². The van der Waals surface area contributed by atoms with Crippen LogP contribution in [0.1, 0.15) is 85.3 Å². The van der Waals surface area contributed by atoms with Crippen molar-refractivity contribution in [3.8, 4) is 11.1 Å². The third-order valence-electron chi connectivity index (χ3n) is 5.64. The van der Waals surface area contributed by atoms with Crippen molar-refractivity contribution in [1.29, 1.82) is 0 Å². The zero-order chi connectivity index (χ0) is 30.8. The number of Topliss-reactive ketones (excluding diaryl/α,β-unsaturated/α-hetero) is 1. The summed E-state index contributed by atoms with van der Waals surface area (Å²) in [5.41, 5.74) is 10.6. The van der Waals surface area contributed by atoms with Crippen LogP contribution < -0.4 is 5.73 Å². The smallest absolute Gasteiger partial charge is 0.155 e. The summed E-state index contributed by atoms with van der Waals surface area (Å²) in [6.45, 7) is 27.1. The normalized spacial score (nSPS) is 15.6. The second kappa shape index (κ2) is 26.6. The van der Waals surface area contributed by atoms with Gasteiger partial charge in [-0.2, -0.15) is 0 Å². The summed E-state index contributed by atoms with van der Waals surface area (Å²) in [6, 6.07) is 13.7. The Hall–Kier alpha value is -3.04. The van der Waals surface area contributed by atoms with Gasteiger partial charge in [-0.3, -0.25) is 4.79 Å². The Kier molecular flexibility index (Phi) is 27.6. The van der Waals surface area contributed by atoms with Gasteiger partial charge in [0.15, 0.2) is 5.78 Å². The predicted molar refractivity (Wildman–Crippen MR) is 175 cm³/mol. The van der Waals surface area contributed by atoms with E-state index in [1.54, 1.807) is 44.2 Å². The second-order valence-electron chi connectivity index (χ2n) is 8.93. The molecule has 0 spiro atoms. The number of benzene rings is 2. The Balaban J connectivity index is -0.000000474. The summed E-state index contributed by atoms with van der Waals surface area (Å²) >= 11 is 0. The van der Waals surface area contributed by atoms with Crippen LogP contribution in [0.15, 0.2) is 92.1 Å². The minimum atomic E-state index is -0.175. The van der Waals surface area contributed by atoms with Gasteiger partial charge in [-0.1, -0.05) is 101 Å². The van der Waals surface area contributed by atoms with E-state index >= 15 is 0 Å². The average molecular weight is 538 g/mol. The maximum Gasteiger partial charge on any atom is 0.155 e. The van der Waals surface area contributed by atoms with Gasteiger partial charge >= 0.3 is 0 Å². The highest BCUT2D eigenvalue weighted by molar-refractivity contribution is 5.92. The van der Waals surface area contributed by atoms with E-state index in [1.807, 2.05) is 71.9 Å². The summed E-state index contributed by atoms with van der Waals surface area (Å²) in [5, 5.41) is 0. The topological polar surface area (TPSA) is 43.1 Å². The lowest BCUT2D eigenvalue weighted by Gasteiger charge is -2.22. The monoisotopic (exact) mass is 537 g/mol. The van der Waals surface area contributed by atoms with Gasteiger partial charge < -0.3 is 5.73 Å². The molecule has 0 heterocycles. The summed E-state index contributed by atoms with van der Waals surface area (Å²) in [5.74, 6) is 0.870. The second-order valence-corrected chi connectivity index (χ2v) is 8.93. The fourth-order valence-corrected chi connectivity index (χ4v) is 3.33. The number of ketones is 1. The number of aryl methyl sites for hydroxylation is 2. The van der Waals surface area contributed by atoms with E-state index in [1.165, 1.54) is 37.3 Å². The van der Waals surface area contributed by atoms with E-state index in [0.717, 1.165) is 28.2 Å². The largest absolute Gasteiger partial charge is 0.328 e. The lowest BCUT2D eigenvalue weighted by molar-refractivity contribution is -0.113. The maximum absolute atomic E-state index is 13.2. The molecule has 0 bridgehead atoms. The van der Waals surface area contributed by atoms with Crippen LogP contribution in [0.3, 0.4) is 0 Å². The third kappa shape index (κ3) is 21.6. The number of carbonyl (C=O) groups excluding carboxylic acids is 1. The third-order valence-corrected chi connectivity index (χ3v) is 5.64. The zero-order valence-electron chi connectivity index (χ0n) is 26.3. The standard InChI is InChI=1S/C14H13F.C9H12O.C7H15N.2C2H6.C2H4/c1-10-3-5-12(6-4-10)13-7-11(2)8-14(15)9-13;1-4-5-6-7-8(2)9(3)10;1-6-2-4-7(8)5-3-6;3*1-2/h3-9H,1-2H3;4-7H,1H2,2-3H3;6-7H,2-5,8H2,1H3;2*1-2H3;1-2H2/b;6-5-,8-7+;;;;. The van der Waals surface area contributed by atoms with E-state index < -0.39 is 0 Å². The van der Waals surface area contributed by atoms with Crippen molar-refractivity contribution in [1.82, 2.24) is 0 Å². The molecule has 1 aliphatic rings. The van der Waals surface area contributed by atoms with Crippen LogP contribution >= 0.6 is 0 Å². The molecular formula is C36H56FNO. The first-order valence-electron chi connectivity index (χ1n) is 14.2. The molecule has 1 fully saturated rings. The van der Waals surface area contributed by atoms with Crippen molar-refractivity contribution in [3.63, 3.8) is 0 Å². The Bertz CT molecular complexity index is 918. The quantitative estimate of drug-likeness (QED) is 0.239. The molecule has 0 amide bonds. The SMILES string of the molecule is C=C.C=C/C=C\C=C(/C)C(C)=O.CC.CC.CC1CCC(N)CC1.Cc1ccc(-c2cc(C)cc(F)c2)cc1. The molecule has 3 rings (SSSR count). The Morgan fingerprint density at radius 1 is 0.846 bits per heavy atom. The van der Waals surface area contributed by atoms with Crippen molar-refractivity contribution in [2.75, 3.05) is 0 Å². The molecule has 0 radical (unpaired) electrons. The van der Waals surface area contributed by atoms with Crippen LogP contribution in [0.25, 0.3) is 11.1 Å². The number of allylic oxidation sites excluding steroid dienone is 5. The van der Waals surface area contributed by atoms with E-state index in [2.05, 4.69) is 26.7 Å². The molecule has 2 nitrogen and oxygen atoms in total. The first-order chi connectivity index (χ1) is 18.6. The van der Waals surface area contributed by atoms with E-state index in [4.69, 9.17) is 5.73 Å². The van der Waals surface area contributed by atoms with Crippen molar-refractivity contribution in [2.24, 2.45) is 11.7 Å². The first kappa shape index (κ1) is 40.5. The van der Waals surface area contributed by atoms with E-state index in [9.17, 15) is 9.18 Å². The Morgan fingerprint density at radius 3 is 1.77 bits per heavy atom. The molecule has 0 atom stereocenters. The maximum atomic E-state index is 13.2. The molecule has 39 heavy (non-hydrogen) atoms. The van der Waals surface area contributed by atoms with E-state index in [0.29, 0.717) is 6.04 Å². The molecule has 1 saturated carbocycles. The molecule has 2 aromatic carbocycles. The van der Waals surface area contributed by atoms with Crippen molar-refractivity contribution in [2.45, 2.75) is 94.0 Å². The van der Waals surface area contributed by atoms with Crippen LogP contribution in [0.5, 0.6) is 0 Å². The molecule has 0 saturated heterocycles. The summed E-state index contributed by atoms with van der Waals surface area (Å²) in [4.78, 5) is 10.6. The molecule has 2 aromatic rings. The van der Waals surface area contributed by atoms with Gasteiger partial charge in [0.05, 0.1) is 0 Å². The molecule has 1 aliphatic carbocycles. The minimum Gasteiger partial charge on any atom is -0.328 e. The number of halogens is 1. The van der Waals surface area contributed by atoms with E-state index in [-0.39, 0.29) is 11.6 Å². The molecular weight excluding hydrogens is 481 g/mol. The van der Waals surface area contributed by atoms with Crippen molar-refractivity contribution >= 4 is 5.78 Å². The number of carbonyl (C=O) groups is 1. The van der Waals surface area contributed by atoms with Gasteiger partial charge in [-0.25, -0.2) is 4.39 Å². The van der Waals surface area contributed by atoms with Crippen LogP contribution in [-0.2, 0) is 4.79 Å².